The zero-order valence-corrected chi connectivity index (χ0v) is 13.6. The average Bonchev–Trinajstić information content (AvgIpc) is 2.56. The van der Waals surface area contributed by atoms with Crippen molar-refractivity contribution >= 4 is 5.97 Å². The van der Waals surface area contributed by atoms with Crippen molar-refractivity contribution in [3.8, 4) is 0 Å². The quantitative estimate of drug-likeness (QED) is 0.635. The Labute approximate surface area is 133 Å². The van der Waals surface area contributed by atoms with E-state index in [0.29, 0.717) is 18.4 Å². The molecular weight excluding hydrogens is 276 g/mol. The molecule has 3 atom stereocenters. The van der Waals surface area contributed by atoms with Crippen LogP contribution in [0, 0.1) is 17.8 Å². The summed E-state index contributed by atoms with van der Waals surface area (Å²) in [6, 6.07) is 0. The van der Waals surface area contributed by atoms with E-state index in [-0.39, 0.29) is 18.5 Å². The Morgan fingerprint density at radius 2 is 2.23 bits per heavy atom. The molecule has 3 nitrogen and oxygen atoms in total. The molecule has 2 rings (SSSR count). The van der Waals surface area contributed by atoms with Gasteiger partial charge in [-0.05, 0) is 51.4 Å². The molecule has 0 aromatic carbocycles. The van der Waals surface area contributed by atoms with Gasteiger partial charge in [-0.15, -0.1) is 0 Å². The van der Waals surface area contributed by atoms with Crippen molar-refractivity contribution < 1.29 is 14.6 Å². The molecular formula is C19H28O3. The minimum atomic E-state index is -0.0488. The molecule has 22 heavy (non-hydrogen) atoms. The third kappa shape index (κ3) is 4.33. The van der Waals surface area contributed by atoms with Crippen LogP contribution in [-0.4, -0.2) is 24.3 Å². The summed E-state index contributed by atoms with van der Waals surface area (Å²) in [5.74, 6) is 0.568. The summed E-state index contributed by atoms with van der Waals surface area (Å²) < 4.78 is 5.46. The zero-order chi connectivity index (χ0) is 15.9. The summed E-state index contributed by atoms with van der Waals surface area (Å²) in [5.41, 5.74) is 2.66. The van der Waals surface area contributed by atoms with Crippen LogP contribution in [0.5, 0.6) is 0 Å². The third-order valence-electron chi connectivity index (χ3n) is 5.01. The molecule has 3 heteroatoms. The highest BCUT2D eigenvalue weighted by Crippen LogP contribution is 2.40. The lowest BCUT2D eigenvalue weighted by Crippen LogP contribution is -2.40. The van der Waals surface area contributed by atoms with Gasteiger partial charge in [-0.3, -0.25) is 4.79 Å². The van der Waals surface area contributed by atoms with Crippen LogP contribution in [0.15, 0.2) is 36.0 Å². The number of esters is 1. The first kappa shape index (κ1) is 17.0. The number of carbonyl (C=O) groups excluding carboxylic acids is 1. The van der Waals surface area contributed by atoms with Gasteiger partial charge in [0, 0.05) is 5.92 Å². The predicted molar refractivity (Wildman–Crippen MR) is 88.3 cm³/mol. The van der Waals surface area contributed by atoms with E-state index in [1.54, 1.807) is 6.08 Å². The second kappa shape index (κ2) is 8.33. The first-order chi connectivity index (χ1) is 10.6. The fraction of sp³-hybridized carbons (Fsp3) is 0.632. The molecule has 0 aromatic rings. The number of rotatable bonds is 4. The first-order valence-corrected chi connectivity index (χ1v) is 8.39. The zero-order valence-electron chi connectivity index (χ0n) is 13.6. The molecule has 122 valence electrons. The molecule has 0 unspecified atom stereocenters. The van der Waals surface area contributed by atoms with Crippen molar-refractivity contribution in [2.24, 2.45) is 17.8 Å². The lowest BCUT2D eigenvalue weighted by Gasteiger charge is -2.38. The number of aliphatic hydroxyl groups excluding tert-OH is 1. The summed E-state index contributed by atoms with van der Waals surface area (Å²) in [6.45, 7) is 7.01. The second-order valence-corrected chi connectivity index (χ2v) is 6.52. The largest absolute Gasteiger partial charge is 0.465 e. The Balaban J connectivity index is 2.12. The normalized spacial score (nSPS) is 32.5. The molecule has 1 heterocycles. The number of cyclic esters (lactones) is 1. The molecule has 0 bridgehead atoms. The first-order valence-electron chi connectivity index (χ1n) is 8.39. The van der Waals surface area contributed by atoms with Crippen LogP contribution in [0.25, 0.3) is 0 Å². The predicted octanol–water partition coefficient (Wildman–Crippen LogP) is 3.80. The monoisotopic (exact) mass is 304 g/mol. The van der Waals surface area contributed by atoms with Gasteiger partial charge in [-0.2, -0.15) is 0 Å². The molecule has 1 aliphatic carbocycles. The van der Waals surface area contributed by atoms with E-state index in [1.165, 1.54) is 11.1 Å². The van der Waals surface area contributed by atoms with Crippen molar-refractivity contribution in [1.82, 2.24) is 0 Å². The maximum Gasteiger partial charge on any atom is 0.309 e. The lowest BCUT2D eigenvalue weighted by molar-refractivity contribution is -0.160. The van der Waals surface area contributed by atoms with Gasteiger partial charge in [0.15, 0.2) is 0 Å². The van der Waals surface area contributed by atoms with Gasteiger partial charge in [-0.1, -0.05) is 36.0 Å². The summed E-state index contributed by atoms with van der Waals surface area (Å²) in [7, 11) is 0. The second-order valence-electron chi connectivity index (χ2n) is 6.52. The van der Waals surface area contributed by atoms with Gasteiger partial charge in [0.2, 0.25) is 0 Å². The molecule has 1 saturated heterocycles. The standard InChI is InChI=1S/C19H28O3/c1-14-7-6-8-15(2)18-13-22-19(21)17(16(18)11-10-14)9-4-3-5-12-20/h3,5,7,16-18,20H,2,4,6,8-13H2,1H3/b5-3?,14-7+/t16-,17+,18+/m1/s1. The smallest absolute Gasteiger partial charge is 0.309 e. The van der Waals surface area contributed by atoms with E-state index in [9.17, 15) is 4.79 Å². The van der Waals surface area contributed by atoms with Crippen molar-refractivity contribution in [3.05, 3.63) is 36.0 Å². The topological polar surface area (TPSA) is 46.5 Å². The van der Waals surface area contributed by atoms with Crippen LogP contribution >= 0.6 is 0 Å². The number of hydrogen-bond donors (Lipinski definition) is 1. The number of fused-ring (bicyclic) bond motifs is 1. The third-order valence-corrected chi connectivity index (χ3v) is 5.01. The van der Waals surface area contributed by atoms with Crippen LogP contribution in [0.3, 0.4) is 0 Å². The summed E-state index contributed by atoms with van der Waals surface area (Å²) in [6.07, 6.45) is 11.7. The van der Waals surface area contributed by atoms with E-state index < -0.39 is 0 Å². The van der Waals surface area contributed by atoms with Crippen molar-refractivity contribution in [2.45, 2.75) is 45.4 Å². The molecule has 0 spiro atoms. The molecule has 1 N–H and O–H groups in total. The Kier molecular flexibility index (Phi) is 6.44. The SMILES string of the molecule is C=C1CC/C=C(\C)CC[C@@H]2[C@H](CCC=CCO)C(=O)OC[C@@H]12. The van der Waals surface area contributed by atoms with E-state index in [4.69, 9.17) is 9.84 Å². The minimum absolute atomic E-state index is 0.0373. The fourth-order valence-electron chi connectivity index (χ4n) is 3.67. The van der Waals surface area contributed by atoms with Gasteiger partial charge in [0.05, 0.1) is 19.1 Å². The van der Waals surface area contributed by atoms with Crippen LogP contribution in [-0.2, 0) is 9.53 Å². The molecule has 1 fully saturated rings. The molecule has 0 saturated carbocycles. The van der Waals surface area contributed by atoms with Crippen LogP contribution in [0.1, 0.15) is 45.4 Å². The highest BCUT2D eigenvalue weighted by molar-refractivity contribution is 5.73. The molecule has 1 aliphatic heterocycles. The molecule has 2 aliphatic rings. The van der Waals surface area contributed by atoms with Gasteiger partial charge in [0.1, 0.15) is 0 Å². The van der Waals surface area contributed by atoms with Crippen molar-refractivity contribution in [2.75, 3.05) is 13.2 Å². The Bertz CT molecular complexity index is 461. The average molecular weight is 304 g/mol. The molecule has 0 radical (unpaired) electrons. The number of allylic oxidation sites excluding steroid dienone is 3. The number of carbonyl (C=O) groups is 1. The van der Waals surface area contributed by atoms with E-state index in [2.05, 4.69) is 19.6 Å². The van der Waals surface area contributed by atoms with Crippen LogP contribution in [0.2, 0.25) is 0 Å². The van der Waals surface area contributed by atoms with Gasteiger partial charge >= 0.3 is 5.97 Å². The Morgan fingerprint density at radius 3 is 3.00 bits per heavy atom. The summed E-state index contributed by atoms with van der Waals surface area (Å²) in [5, 5.41) is 8.81. The number of ether oxygens (including phenoxy) is 1. The maximum atomic E-state index is 12.2. The highest BCUT2D eigenvalue weighted by Gasteiger charge is 2.40. The van der Waals surface area contributed by atoms with Crippen molar-refractivity contribution in [3.63, 3.8) is 0 Å². The molecule has 0 aromatic heterocycles. The van der Waals surface area contributed by atoms with Crippen LogP contribution in [0.4, 0.5) is 0 Å². The fourth-order valence-corrected chi connectivity index (χ4v) is 3.67. The summed E-state index contributed by atoms with van der Waals surface area (Å²) in [4.78, 5) is 12.2. The summed E-state index contributed by atoms with van der Waals surface area (Å²) >= 11 is 0. The lowest BCUT2D eigenvalue weighted by atomic mass is 9.72. The Morgan fingerprint density at radius 1 is 1.41 bits per heavy atom. The minimum Gasteiger partial charge on any atom is -0.465 e. The van der Waals surface area contributed by atoms with Gasteiger partial charge in [-0.25, -0.2) is 0 Å². The maximum absolute atomic E-state index is 12.2. The molecule has 0 amide bonds. The van der Waals surface area contributed by atoms with E-state index >= 15 is 0 Å². The van der Waals surface area contributed by atoms with E-state index in [1.807, 2.05) is 6.08 Å². The Hall–Kier alpha value is -1.35. The van der Waals surface area contributed by atoms with E-state index in [0.717, 1.165) is 38.5 Å². The highest BCUT2D eigenvalue weighted by atomic mass is 16.5. The van der Waals surface area contributed by atoms with Crippen LogP contribution < -0.4 is 0 Å². The number of aliphatic hydroxyl groups is 1. The van der Waals surface area contributed by atoms with Gasteiger partial charge < -0.3 is 9.84 Å². The van der Waals surface area contributed by atoms with Crippen molar-refractivity contribution in [1.29, 1.82) is 0 Å². The number of hydrogen-bond acceptors (Lipinski definition) is 3. The van der Waals surface area contributed by atoms with Gasteiger partial charge in [0.25, 0.3) is 0 Å².